The summed E-state index contributed by atoms with van der Waals surface area (Å²) in [6.07, 6.45) is 18.8. The number of pyridine rings is 2. The molecule has 0 aromatic carbocycles. The van der Waals surface area contributed by atoms with Crippen LogP contribution in [0, 0.1) is 34.6 Å². The average Bonchev–Trinajstić information content (AvgIpc) is 4.16. The third kappa shape index (κ3) is 18.7. The Labute approximate surface area is 460 Å². The first-order valence-corrected chi connectivity index (χ1v) is 25.9. The molecule has 1 aliphatic heterocycles. The lowest BCUT2D eigenvalue weighted by molar-refractivity contribution is 0.238. The molecule has 25 heteroatoms. The van der Waals surface area contributed by atoms with Gasteiger partial charge in [0.05, 0.1) is 36.0 Å². The zero-order chi connectivity index (χ0) is 58.6. The first-order chi connectivity index (χ1) is 38.0. The van der Waals surface area contributed by atoms with Crippen molar-refractivity contribution in [3.05, 3.63) is 199 Å². The van der Waals surface area contributed by atoms with Gasteiger partial charge in [0.2, 0.25) is 5.75 Å². The first-order valence-electron chi connectivity index (χ1n) is 25.9. The standard InChI is InChI=1S/C12H13N3O2.C10H15N3O.C10H9N3O.C9H13N3O.C8H13N3O.C6H9N3O/c1-8(2)17-10-7-14-11(15-12(10)16)9-5-3-4-6-13-9;1-7-6-12-9(13-8(7)14)10(11)4-2-3-5-10;1-7-6-12-9(13-10(7)14)8-4-2-3-5-11-8;1-6-5-11-8(12-9(6)13)7-3-2-4-10-7;1-5-4-10-7(8(2,3)9)11-6(5)12;1-4-3-8-5(2-7)9-6(4)10/h3-8H,1-2H3,(H,14,15,16);6H,2-5,11H2,1H3,(H,12,13,14);2-6H,1H3,(H,12,13,14);5,7,10H,2-4H2,1H3,(H,11,12,13);4H,9H2,1-3H3,(H,10,11,12);3H,2,7H2,1H3,(H,8,9,10). The summed E-state index contributed by atoms with van der Waals surface area (Å²) in [6, 6.07) is 11.1. The monoisotopic (exact) mass is 1100 g/mol. The van der Waals surface area contributed by atoms with Crippen LogP contribution in [0.2, 0.25) is 0 Å². The SMILES string of the molecule is CC(C)Oc1cnc(-c2ccccn2)[nH]c1=O.Cc1cnc(-c2ccccn2)[nH]c1=O.Cc1cnc(C(C)(C)N)[nH]c1=O.Cc1cnc(C2(N)CCCC2)[nH]c1=O.Cc1cnc(C2CCCN2)[nH]c1=O.Cc1cnc(CN)[nH]c1=O. The van der Waals surface area contributed by atoms with E-state index in [1.807, 2.05) is 32.0 Å². The van der Waals surface area contributed by atoms with E-state index < -0.39 is 11.1 Å². The number of nitrogens with two attached hydrogens (primary N) is 3. The van der Waals surface area contributed by atoms with Crippen LogP contribution >= 0.6 is 0 Å². The number of hydrogen-bond donors (Lipinski definition) is 10. The lowest BCUT2D eigenvalue weighted by Gasteiger charge is -2.21. The van der Waals surface area contributed by atoms with Crippen LogP contribution in [0.15, 0.2) is 115 Å². The maximum Gasteiger partial charge on any atom is 0.293 e. The van der Waals surface area contributed by atoms with Gasteiger partial charge < -0.3 is 57.2 Å². The number of rotatable bonds is 8. The number of hydrogen-bond acceptors (Lipinski definition) is 19. The van der Waals surface area contributed by atoms with E-state index in [9.17, 15) is 28.8 Å². The molecule has 1 saturated carbocycles. The minimum atomic E-state index is -0.590. The van der Waals surface area contributed by atoms with Gasteiger partial charge in [-0.25, -0.2) is 29.9 Å². The summed E-state index contributed by atoms with van der Waals surface area (Å²) in [5.41, 5.74) is 19.8. The fraction of sp³-hybridized carbons (Fsp3) is 0.382. The Balaban J connectivity index is 0.000000178. The molecule has 13 N–H and O–H groups in total. The molecule has 8 aromatic heterocycles. The minimum Gasteiger partial charge on any atom is -0.484 e. The highest BCUT2D eigenvalue weighted by molar-refractivity contribution is 5.48. The third-order valence-corrected chi connectivity index (χ3v) is 12.1. The Bertz CT molecular complexity index is 3610. The molecule has 0 amide bonds. The van der Waals surface area contributed by atoms with Crippen molar-refractivity contribution >= 4 is 0 Å². The third-order valence-electron chi connectivity index (χ3n) is 12.1. The maximum atomic E-state index is 11.7. The molecule has 1 aliphatic carbocycles. The van der Waals surface area contributed by atoms with Gasteiger partial charge in [-0.05, 0) is 119 Å². The highest BCUT2D eigenvalue weighted by Gasteiger charge is 2.33. The summed E-state index contributed by atoms with van der Waals surface area (Å²) in [6.45, 7) is 17.2. The Hall–Kier alpha value is -8.78. The molecule has 8 aromatic rings. The predicted octanol–water partition coefficient (Wildman–Crippen LogP) is 3.88. The van der Waals surface area contributed by atoms with Crippen LogP contribution in [-0.2, 0) is 17.6 Å². The summed E-state index contributed by atoms with van der Waals surface area (Å²) < 4.78 is 5.31. The van der Waals surface area contributed by atoms with E-state index in [0.29, 0.717) is 68.3 Å². The minimum absolute atomic E-state index is 0.0290. The number of ether oxygens (including phenoxy) is 1. The number of aryl methyl sites for hydroxylation is 5. The van der Waals surface area contributed by atoms with Gasteiger partial charge in [0.25, 0.3) is 33.4 Å². The molecule has 1 atom stereocenters. The molecule has 10 rings (SSSR count). The Kier molecular flexibility index (Phi) is 22.7. The van der Waals surface area contributed by atoms with Crippen molar-refractivity contribution < 1.29 is 4.74 Å². The number of aromatic nitrogens is 14. The molecule has 0 spiro atoms. The molecule has 1 unspecified atom stereocenters. The second-order valence-corrected chi connectivity index (χ2v) is 19.8. The van der Waals surface area contributed by atoms with Crippen molar-refractivity contribution in [1.29, 1.82) is 0 Å². The van der Waals surface area contributed by atoms with Gasteiger partial charge >= 0.3 is 0 Å². The van der Waals surface area contributed by atoms with Crippen LogP contribution < -0.4 is 60.6 Å². The topological polar surface area (TPSA) is 400 Å². The fourth-order valence-corrected chi connectivity index (χ4v) is 7.35. The van der Waals surface area contributed by atoms with Gasteiger partial charge in [-0.3, -0.25) is 38.7 Å². The van der Waals surface area contributed by atoms with Crippen molar-refractivity contribution in [1.82, 2.24) is 75.1 Å². The van der Waals surface area contributed by atoms with Crippen LogP contribution in [-0.4, -0.2) is 82.4 Å². The molecule has 1 saturated heterocycles. The van der Waals surface area contributed by atoms with Crippen LogP contribution in [0.3, 0.4) is 0 Å². The van der Waals surface area contributed by atoms with Crippen LogP contribution in [0.5, 0.6) is 5.75 Å². The molecule has 0 bridgehead atoms. The van der Waals surface area contributed by atoms with Crippen LogP contribution in [0.4, 0.5) is 0 Å². The first kappa shape index (κ1) is 62.1. The second-order valence-electron chi connectivity index (χ2n) is 19.8. The van der Waals surface area contributed by atoms with Gasteiger partial charge in [-0.15, -0.1) is 0 Å². The molecule has 2 fully saturated rings. The van der Waals surface area contributed by atoms with Crippen LogP contribution in [0.25, 0.3) is 23.0 Å². The highest BCUT2D eigenvalue weighted by Crippen LogP contribution is 2.33. The van der Waals surface area contributed by atoms with Gasteiger partial charge in [0.1, 0.15) is 34.7 Å². The van der Waals surface area contributed by atoms with Crippen molar-refractivity contribution in [2.45, 2.75) is 131 Å². The maximum absolute atomic E-state index is 11.7. The number of aromatic amines is 6. The lowest BCUT2D eigenvalue weighted by atomic mass is 9.98. The number of H-pyrrole nitrogens is 6. The van der Waals surface area contributed by atoms with Gasteiger partial charge in [-0.1, -0.05) is 25.0 Å². The molecule has 25 nitrogen and oxygen atoms in total. The fourth-order valence-electron chi connectivity index (χ4n) is 7.35. The van der Waals surface area contributed by atoms with Crippen molar-refractivity contribution in [3.8, 4) is 28.8 Å². The Morgan fingerprint density at radius 3 is 1.52 bits per heavy atom. The Morgan fingerprint density at radius 2 is 1.07 bits per heavy atom. The average molecular weight is 1100 g/mol. The summed E-state index contributed by atoms with van der Waals surface area (Å²) in [4.78, 5) is 116. The Morgan fingerprint density at radius 1 is 0.588 bits per heavy atom. The molecule has 80 heavy (non-hydrogen) atoms. The summed E-state index contributed by atoms with van der Waals surface area (Å²) >= 11 is 0. The quantitative estimate of drug-likeness (QED) is 0.103. The zero-order valence-electron chi connectivity index (χ0n) is 46.6. The summed E-state index contributed by atoms with van der Waals surface area (Å²) in [7, 11) is 0. The van der Waals surface area contributed by atoms with Crippen molar-refractivity contribution in [2.24, 2.45) is 17.2 Å². The van der Waals surface area contributed by atoms with Crippen LogP contribution in [0.1, 0.15) is 123 Å². The van der Waals surface area contributed by atoms with E-state index in [4.69, 9.17) is 21.9 Å². The zero-order valence-corrected chi connectivity index (χ0v) is 46.6. The molecule has 424 valence electrons. The molecule has 0 radical (unpaired) electrons. The van der Waals surface area contributed by atoms with E-state index >= 15 is 0 Å². The predicted molar refractivity (Wildman–Crippen MR) is 304 cm³/mol. The van der Waals surface area contributed by atoms with E-state index in [1.54, 1.807) is 97.6 Å². The largest absolute Gasteiger partial charge is 0.484 e. The molecule has 2 aliphatic rings. The normalized spacial score (nSPS) is 14.0. The number of nitrogens with one attached hydrogen (secondary N) is 7. The summed E-state index contributed by atoms with van der Waals surface area (Å²) in [5.74, 6) is 3.61. The van der Waals surface area contributed by atoms with E-state index in [-0.39, 0.29) is 57.8 Å². The molecular weight excluding hydrogens is 1020 g/mol. The summed E-state index contributed by atoms with van der Waals surface area (Å²) in [5, 5.41) is 3.29. The van der Waals surface area contributed by atoms with Gasteiger partial charge in [-0.2, -0.15) is 0 Å². The smallest absolute Gasteiger partial charge is 0.293 e. The number of nitrogens with zero attached hydrogens (tertiary/aromatic N) is 8. The van der Waals surface area contributed by atoms with Gasteiger partial charge in [0.15, 0.2) is 11.6 Å². The van der Waals surface area contributed by atoms with Gasteiger partial charge in [0, 0.05) is 71.2 Å². The van der Waals surface area contributed by atoms with E-state index in [1.165, 1.54) is 18.6 Å². The molecule has 9 heterocycles. The lowest BCUT2D eigenvalue weighted by Crippen LogP contribution is -2.37. The van der Waals surface area contributed by atoms with E-state index in [0.717, 1.165) is 50.9 Å². The van der Waals surface area contributed by atoms with Crippen molar-refractivity contribution in [2.75, 3.05) is 6.54 Å². The van der Waals surface area contributed by atoms with E-state index in [2.05, 4.69) is 75.1 Å². The highest BCUT2D eigenvalue weighted by atomic mass is 16.5. The molecular formula is C55H72N18O7. The second kappa shape index (κ2) is 29.3. The van der Waals surface area contributed by atoms with Crippen molar-refractivity contribution in [3.63, 3.8) is 0 Å².